The fraction of sp³-hybridized carbons (Fsp3) is 0.231. The van der Waals surface area contributed by atoms with E-state index in [0.717, 1.165) is 15.8 Å². The van der Waals surface area contributed by atoms with E-state index in [9.17, 15) is 4.79 Å². The lowest BCUT2D eigenvalue weighted by Crippen LogP contribution is -2.18. The summed E-state index contributed by atoms with van der Waals surface area (Å²) < 4.78 is 2.55. The zero-order valence-corrected chi connectivity index (χ0v) is 11.9. The van der Waals surface area contributed by atoms with Gasteiger partial charge in [-0.25, -0.2) is 14.6 Å². The number of hydrogen-bond acceptors (Lipinski definition) is 5. The smallest absolute Gasteiger partial charge is 0.247 e. The molecule has 0 saturated heterocycles. The molecule has 3 rings (SSSR count). The Bertz CT molecular complexity index is 763. The predicted molar refractivity (Wildman–Crippen MR) is 77.7 cm³/mol. The highest BCUT2D eigenvalue weighted by atomic mass is 32.1. The number of anilines is 1. The molecule has 1 N–H and O–H groups in total. The van der Waals surface area contributed by atoms with Crippen LogP contribution in [0.5, 0.6) is 0 Å². The van der Waals surface area contributed by atoms with Crippen LogP contribution in [0, 0.1) is 13.8 Å². The van der Waals surface area contributed by atoms with Crippen LogP contribution in [0.2, 0.25) is 0 Å². The van der Waals surface area contributed by atoms with E-state index in [-0.39, 0.29) is 12.5 Å². The maximum Gasteiger partial charge on any atom is 0.247 e. The number of aryl methyl sites for hydroxylation is 2. The van der Waals surface area contributed by atoms with Crippen molar-refractivity contribution < 1.29 is 4.79 Å². The Labute approximate surface area is 119 Å². The van der Waals surface area contributed by atoms with E-state index in [1.54, 1.807) is 0 Å². The molecule has 6 nitrogen and oxygen atoms in total. The summed E-state index contributed by atoms with van der Waals surface area (Å²) in [5.74, 6) is -0.163. The van der Waals surface area contributed by atoms with Crippen LogP contribution in [0.3, 0.4) is 0 Å². The summed E-state index contributed by atoms with van der Waals surface area (Å²) in [7, 11) is 0. The van der Waals surface area contributed by atoms with Gasteiger partial charge in [-0.05, 0) is 31.0 Å². The molecule has 0 saturated carbocycles. The molecule has 0 aliphatic rings. The Hall–Kier alpha value is -2.28. The monoisotopic (exact) mass is 287 g/mol. The highest BCUT2D eigenvalue weighted by Gasteiger charge is 2.10. The van der Waals surface area contributed by atoms with Gasteiger partial charge in [-0.1, -0.05) is 17.4 Å². The van der Waals surface area contributed by atoms with E-state index >= 15 is 0 Å². The molecule has 0 spiro atoms. The number of aromatic nitrogens is 4. The molecular formula is C13H13N5OS. The SMILES string of the molecule is Cc1cc(C)c2nc(NC(=O)Cn3cncn3)sc2c1. The Kier molecular flexibility index (Phi) is 3.19. The molecule has 2 aromatic heterocycles. The second-order valence-corrected chi connectivity index (χ2v) is 5.62. The zero-order valence-electron chi connectivity index (χ0n) is 11.1. The number of carbonyl (C=O) groups excluding carboxylic acids is 1. The van der Waals surface area contributed by atoms with Crippen molar-refractivity contribution in [3.8, 4) is 0 Å². The van der Waals surface area contributed by atoms with Gasteiger partial charge in [0.15, 0.2) is 5.13 Å². The molecular weight excluding hydrogens is 274 g/mol. The normalized spacial score (nSPS) is 10.9. The van der Waals surface area contributed by atoms with E-state index in [4.69, 9.17) is 0 Å². The molecule has 0 aliphatic heterocycles. The Morgan fingerprint density at radius 3 is 3.00 bits per heavy atom. The summed E-state index contributed by atoms with van der Waals surface area (Å²) in [5.41, 5.74) is 3.25. The number of benzene rings is 1. The lowest BCUT2D eigenvalue weighted by atomic mass is 10.1. The van der Waals surface area contributed by atoms with Crippen molar-refractivity contribution in [2.24, 2.45) is 0 Å². The number of amides is 1. The van der Waals surface area contributed by atoms with Crippen molar-refractivity contribution >= 4 is 32.6 Å². The summed E-state index contributed by atoms with van der Waals surface area (Å²) in [6.45, 7) is 4.21. The minimum absolute atomic E-state index is 0.133. The zero-order chi connectivity index (χ0) is 14.1. The number of thiazole rings is 1. The molecule has 0 unspecified atom stereocenters. The van der Waals surface area contributed by atoms with E-state index in [0.29, 0.717) is 5.13 Å². The molecule has 0 radical (unpaired) electrons. The van der Waals surface area contributed by atoms with Crippen molar-refractivity contribution in [2.45, 2.75) is 20.4 Å². The van der Waals surface area contributed by atoms with Gasteiger partial charge in [0.25, 0.3) is 0 Å². The maximum atomic E-state index is 11.9. The van der Waals surface area contributed by atoms with Crippen LogP contribution in [0.15, 0.2) is 24.8 Å². The van der Waals surface area contributed by atoms with Crippen LogP contribution >= 0.6 is 11.3 Å². The van der Waals surface area contributed by atoms with Gasteiger partial charge in [-0.3, -0.25) is 4.79 Å². The van der Waals surface area contributed by atoms with Gasteiger partial charge in [-0.2, -0.15) is 5.10 Å². The minimum Gasteiger partial charge on any atom is -0.300 e. The van der Waals surface area contributed by atoms with Gasteiger partial charge in [0.05, 0.1) is 10.2 Å². The number of nitrogens with zero attached hydrogens (tertiary/aromatic N) is 4. The van der Waals surface area contributed by atoms with E-state index < -0.39 is 0 Å². The predicted octanol–water partition coefficient (Wildman–Crippen LogP) is 2.14. The third-order valence-electron chi connectivity index (χ3n) is 2.85. The highest BCUT2D eigenvalue weighted by Crippen LogP contribution is 2.29. The van der Waals surface area contributed by atoms with Gasteiger partial charge in [0, 0.05) is 0 Å². The Morgan fingerprint density at radius 2 is 2.25 bits per heavy atom. The molecule has 0 atom stereocenters. The van der Waals surface area contributed by atoms with Gasteiger partial charge in [-0.15, -0.1) is 0 Å². The number of nitrogens with one attached hydrogen (secondary N) is 1. The van der Waals surface area contributed by atoms with E-state index in [1.807, 2.05) is 6.92 Å². The van der Waals surface area contributed by atoms with Crippen LogP contribution in [0.1, 0.15) is 11.1 Å². The first-order valence-electron chi connectivity index (χ1n) is 6.12. The summed E-state index contributed by atoms with van der Waals surface area (Å²) in [6, 6.07) is 4.16. The van der Waals surface area contributed by atoms with E-state index in [1.165, 1.54) is 34.2 Å². The lowest BCUT2D eigenvalue weighted by molar-refractivity contribution is -0.116. The van der Waals surface area contributed by atoms with Gasteiger partial charge in [0.1, 0.15) is 19.2 Å². The van der Waals surface area contributed by atoms with Crippen molar-refractivity contribution in [3.63, 3.8) is 0 Å². The molecule has 0 fully saturated rings. The lowest BCUT2D eigenvalue weighted by Gasteiger charge is -2.00. The topological polar surface area (TPSA) is 72.7 Å². The van der Waals surface area contributed by atoms with Crippen LogP contribution in [0.25, 0.3) is 10.2 Å². The van der Waals surface area contributed by atoms with Crippen LogP contribution in [0.4, 0.5) is 5.13 Å². The van der Waals surface area contributed by atoms with Gasteiger partial charge < -0.3 is 5.32 Å². The highest BCUT2D eigenvalue weighted by molar-refractivity contribution is 7.22. The number of fused-ring (bicyclic) bond motifs is 1. The Morgan fingerprint density at radius 1 is 1.40 bits per heavy atom. The molecule has 0 aliphatic carbocycles. The average molecular weight is 287 g/mol. The van der Waals surface area contributed by atoms with Crippen molar-refractivity contribution in [1.29, 1.82) is 0 Å². The maximum absolute atomic E-state index is 11.9. The fourth-order valence-electron chi connectivity index (χ4n) is 2.04. The fourth-order valence-corrected chi connectivity index (χ4v) is 3.10. The summed E-state index contributed by atoms with van der Waals surface area (Å²) in [5, 5.41) is 7.30. The molecule has 1 aromatic carbocycles. The molecule has 20 heavy (non-hydrogen) atoms. The first-order valence-corrected chi connectivity index (χ1v) is 6.93. The van der Waals surface area contributed by atoms with Crippen molar-refractivity contribution in [3.05, 3.63) is 35.9 Å². The second kappa shape index (κ2) is 5.01. The molecule has 0 bridgehead atoms. The molecule has 102 valence electrons. The standard InChI is InChI=1S/C13H13N5OS/c1-8-3-9(2)12-10(4-8)20-13(17-12)16-11(19)5-18-7-14-6-15-18/h3-4,6-7H,5H2,1-2H3,(H,16,17,19). The van der Waals surface area contributed by atoms with Gasteiger partial charge in [0.2, 0.25) is 5.91 Å². The van der Waals surface area contributed by atoms with Crippen LogP contribution in [-0.2, 0) is 11.3 Å². The minimum atomic E-state index is -0.163. The second-order valence-electron chi connectivity index (χ2n) is 4.59. The summed E-state index contributed by atoms with van der Waals surface area (Å²) >= 11 is 1.48. The van der Waals surface area contributed by atoms with E-state index in [2.05, 4.69) is 39.4 Å². The van der Waals surface area contributed by atoms with Gasteiger partial charge >= 0.3 is 0 Å². The third kappa shape index (κ3) is 2.53. The van der Waals surface area contributed by atoms with Crippen LogP contribution < -0.4 is 5.32 Å². The first-order chi connectivity index (χ1) is 9.61. The van der Waals surface area contributed by atoms with Crippen molar-refractivity contribution in [1.82, 2.24) is 19.7 Å². The average Bonchev–Trinajstić information content (AvgIpc) is 2.98. The molecule has 3 aromatic rings. The third-order valence-corrected chi connectivity index (χ3v) is 3.77. The summed E-state index contributed by atoms with van der Waals surface area (Å²) in [6.07, 6.45) is 2.91. The number of rotatable bonds is 3. The molecule has 2 heterocycles. The largest absolute Gasteiger partial charge is 0.300 e. The quantitative estimate of drug-likeness (QED) is 0.801. The first kappa shape index (κ1) is 12.7. The van der Waals surface area contributed by atoms with Crippen LogP contribution in [-0.4, -0.2) is 25.7 Å². The number of hydrogen-bond donors (Lipinski definition) is 1. The molecule has 1 amide bonds. The van der Waals surface area contributed by atoms with Crippen molar-refractivity contribution in [2.75, 3.05) is 5.32 Å². The summed E-state index contributed by atoms with van der Waals surface area (Å²) in [4.78, 5) is 20.1. The molecule has 7 heteroatoms. The Balaban J connectivity index is 1.81. The number of carbonyl (C=O) groups is 1.